The SMILES string of the molecule is CCCC(OC)C(O)c1ccnn1CCC. The number of aromatic nitrogens is 2. The molecule has 0 aliphatic carbocycles. The van der Waals surface area contributed by atoms with Crippen molar-refractivity contribution < 1.29 is 9.84 Å². The van der Waals surface area contributed by atoms with Crippen LogP contribution in [-0.2, 0) is 11.3 Å². The Morgan fingerprint density at radius 1 is 1.44 bits per heavy atom. The molecule has 0 aromatic carbocycles. The summed E-state index contributed by atoms with van der Waals surface area (Å²) < 4.78 is 7.17. The molecule has 0 aliphatic heterocycles. The lowest BCUT2D eigenvalue weighted by Gasteiger charge is -2.21. The van der Waals surface area contributed by atoms with Crippen molar-refractivity contribution in [3.63, 3.8) is 0 Å². The van der Waals surface area contributed by atoms with Gasteiger partial charge in [0.2, 0.25) is 0 Å². The monoisotopic (exact) mass is 226 g/mol. The van der Waals surface area contributed by atoms with Crippen molar-refractivity contribution in [2.24, 2.45) is 0 Å². The number of nitrogens with zero attached hydrogens (tertiary/aromatic N) is 2. The van der Waals surface area contributed by atoms with E-state index in [1.165, 1.54) is 0 Å². The molecule has 1 aromatic rings. The first-order valence-electron chi connectivity index (χ1n) is 5.97. The van der Waals surface area contributed by atoms with Crippen LogP contribution in [0.15, 0.2) is 12.3 Å². The zero-order valence-corrected chi connectivity index (χ0v) is 10.4. The van der Waals surface area contributed by atoms with Gasteiger partial charge in [0.05, 0.1) is 11.8 Å². The zero-order valence-electron chi connectivity index (χ0n) is 10.4. The summed E-state index contributed by atoms with van der Waals surface area (Å²) in [5, 5.41) is 14.4. The molecule has 1 heterocycles. The molecule has 4 nitrogen and oxygen atoms in total. The molecule has 1 aromatic heterocycles. The van der Waals surface area contributed by atoms with Gasteiger partial charge >= 0.3 is 0 Å². The maximum absolute atomic E-state index is 10.2. The van der Waals surface area contributed by atoms with Crippen molar-refractivity contribution in [3.8, 4) is 0 Å². The van der Waals surface area contributed by atoms with Crippen LogP contribution in [0.1, 0.15) is 44.9 Å². The third kappa shape index (κ3) is 3.06. The first-order valence-corrected chi connectivity index (χ1v) is 5.97. The Hall–Kier alpha value is -0.870. The molecule has 92 valence electrons. The van der Waals surface area contributed by atoms with Gasteiger partial charge in [-0.3, -0.25) is 4.68 Å². The lowest BCUT2D eigenvalue weighted by molar-refractivity contribution is -0.0221. The van der Waals surface area contributed by atoms with E-state index >= 15 is 0 Å². The molecular formula is C12H22N2O2. The summed E-state index contributed by atoms with van der Waals surface area (Å²) in [5.41, 5.74) is 0.849. The Kier molecular flexibility index (Phi) is 5.49. The lowest BCUT2D eigenvalue weighted by atomic mass is 10.1. The van der Waals surface area contributed by atoms with Crippen molar-refractivity contribution in [2.75, 3.05) is 7.11 Å². The molecule has 0 fully saturated rings. The standard InChI is InChI=1S/C12H22N2O2/c1-4-6-11(16-3)12(15)10-7-8-13-14(10)9-5-2/h7-8,11-12,15H,4-6,9H2,1-3H3. The minimum Gasteiger partial charge on any atom is -0.384 e. The lowest BCUT2D eigenvalue weighted by Crippen LogP contribution is -2.23. The number of ether oxygens (including phenoxy) is 1. The minimum atomic E-state index is -0.584. The Morgan fingerprint density at radius 2 is 2.19 bits per heavy atom. The fourth-order valence-corrected chi connectivity index (χ4v) is 1.87. The number of aryl methyl sites for hydroxylation is 1. The number of aliphatic hydroxyl groups excluding tert-OH is 1. The van der Waals surface area contributed by atoms with Crippen LogP contribution in [-0.4, -0.2) is 28.1 Å². The van der Waals surface area contributed by atoms with Gasteiger partial charge < -0.3 is 9.84 Å². The number of methoxy groups -OCH3 is 1. The highest BCUT2D eigenvalue weighted by molar-refractivity contribution is 5.06. The van der Waals surface area contributed by atoms with Crippen LogP contribution in [0.3, 0.4) is 0 Å². The molecule has 0 saturated heterocycles. The first kappa shape index (κ1) is 13.2. The highest BCUT2D eigenvalue weighted by atomic mass is 16.5. The van der Waals surface area contributed by atoms with E-state index in [2.05, 4.69) is 18.9 Å². The van der Waals surface area contributed by atoms with Crippen LogP contribution in [0.2, 0.25) is 0 Å². The van der Waals surface area contributed by atoms with Crippen molar-refractivity contribution in [1.29, 1.82) is 0 Å². The second kappa shape index (κ2) is 6.66. The largest absolute Gasteiger partial charge is 0.384 e. The summed E-state index contributed by atoms with van der Waals surface area (Å²) in [6.07, 6.45) is 3.86. The van der Waals surface area contributed by atoms with E-state index in [1.54, 1.807) is 13.3 Å². The first-order chi connectivity index (χ1) is 7.74. The summed E-state index contributed by atoms with van der Waals surface area (Å²) in [6, 6.07) is 1.86. The van der Waals surface area contributed by atoms with Gasteiger partial charge in [0.25, 0.3) is 0 Å². The topological polar surface area (TPSA) is 47.3 Å². The molecule has 1 rings (SSSR count). The number of hydrogen-bond acceptors (Lipinski definition) is 3. The molecule has 1 N–H and O–H groups in total. The molecule has 2 unspecified atom stereocenters. The normalized spacial score (nSPS) is 15.0. The maximum atomic E-state index is 10.2. The zero-order chi connectivity index (χ0) is 12.0. The Bertz CT molecular complexity index is 299. The van der Waals surface area contributed by atoms with Crippen LogP contribution in [0.5, 0.6) is 0 Å². The molecule has 2 atom stereocenters. The van der Waals surface area contributed by atoms with Gasteiger partial charge in [-0.25, -0.2) is 0 Å². The quantitative estimate of drug-likeness (QED) is 0.775. The Labute approximate surface area is 97.2 Å². The van der Waals surface area contributed by atoms with Gasteiger partial charge in [0.15, 0.2) is 0 Å². The third-order valence-electron chi connectivity index (χ3n) is 2.72. The van der Waals surface area contributed by atoms with Crippen LogP contribution in [0.25, 0.3) is 0 Å². The summed E-state index contributed by atoms with van der Waals surface area (Å²) in [7, 11) is 1.64. The molecule has 0 aliphatic rings. The van der Waals surface area contributed by atoms with Gasteiger partial charge in [0, 0.05) is 19.9 Å². The molecule has 0 bridgehead atoms. The van der Waals surface area contributed by atoms with Crippen molar-refractivity contribution in [3.05, 3.63) is 18.0 Å². The summed E-state index contributed by atoms with van der Waals surface area (Å²) in [6.45, 7) is 5.02. The van der Waals surface area contributed by atoms with Gasteiger partial charge in [0.1, 0.15) is 6.10 Å². The predicted molar refractivity (Wildman–Crippen MR) is 63.2 cm³/mol. The number of hydrogen-bond donors (Lipinski definition) is 1. The number of rotatable bonds is 7. The van der Waals surface area contributed by atoms with Gasteiger partial charge in [-0.15, -0.1) is 0 Å². The Balaban J connectivity index is 2.76. The second-order valence-corrected chi connectivity index (χ2v) is 3.99. The number of aliphatic hydroxyl groups is 1. The van der Waals surface area contributed by atoms with E-state index in [1.807, 2.05) is 10.7 Å². The van der Waals surface area contributed by atoms with E-state index in [0.29, 0.717) is 0 Å². The predicted octanol–water partition coefficient (Wildman–Crippen LogP) is 2.14. The Morgan fingerprint density at radius 3 is 2.75 bits per heavy atom. The molecule has 0 radical (unpaired) electrons. The fourth-order valence-electron chi connectivity index (χ4n) is 1.87. The molecule has 4 heteroatoms. The van der Waals surface area contributed by atoms with Crippen molar-refractivity contribution in [2.45, 2.75) is 51.9 Å². The molecule has 16 heavy (non-hydrogen) atoms. The van der Waals surface area contributed by atoms with E-state index in [9.17, 15) is 5.11 Å². The minimum absolute atomic E-state index is 0.141. The summed E-state index contributed by atoms with van der Waals surface area (Å²) >= 11 is 0. The summed E-state index contributed by atoms with van der Waals surface area (Å²) in [5.74, 6) is 0. The van der Waals surface area contributed by atoms with Gasteiger partial charge in [-0.2, -0.15) is 5.10 Å². The maximum Gasteiger partial charge on any atom is 0.122 e. The van der Waals surface area contributed by atoms with Crippen molar-refractivity contribution >= 4 is 0 Å². The van der Waals surface area contributed by atoms with Crippen LogP contribution >= 0.6 is 0 Å². The average molecular weight is 226 g/mol. The van der Waals surface area contributed by atoms with E-state index in [0.717, 1.165) is 31.5 Å². The van der Waals surface area contributed by atoms with E-state index < -0.39 is 6.10 Å². The molecular weight excluding hydrogens is 204 g/mol. The highest BCUT2D eigenvalue weighted by Crippen LogP contribution is 2.22. The molecule has 0 saturated carbocycles. The van der Waals surface area contributed by atoms with Crippen LogP contribution < -0.4 is 0 Å². The van der Waals surface area contributed by atoms with E-state index in [-0.39, 0.29) is 6.10 Å². The van der Waals surface area contributed by atoms with E-state index in [4.69, 9.17) is 4.74 Å². The third-order valence-corrected chi connectivity index (χ3v) is 2.72. The fraction of sp³-hybridized carbons (Fsp3) is 0.750. The highest BCUT2D eigenvalue weighted by Gasteiger charge is 2.22. The summed E-state index contributed by atoms with van der Waals surface area (Å²) in [4.78, 5) is 0. The second-order valence-electron chi connectivity index (χ2n) is 3.99. The molecule has 0 amide bonds. The van der Waals surface area contributed by atoms with Crippen molar-refractivity contribution in [1.82, 2.24) is 9.78 Å². The average Bonchev–Trinajstić information content (AvgIpc) is 2.73. The van der Waals surface area contributed by atoms with Gasteiger partial charge in [-0.05, 0) is 18.9 Å². The van der Waals surface area contributed by atoms with Crippen LogP contribution in [0.4, 0.5) is 0 Å². The van der Waals surface area contributed by atoms with Gasteiger partial charge in [-0.1, -0.05) is 20.3 Å². The van der Waals surface area contributed by atoms with Crippen LogP contribution in [0, 0.1) is 0 Å². The smallest absolute Gasteiger partial charge is 0.122 e. The molecule has 0 spiro atoms.